The molecule has 1 rings (SSSR count). The summed E-state index contributed by atoms with van der Waals surface area (Å²) in [4.78, 5) is 0. The number of ether oxygens (including phenoxy) is 1. The van der Waals surface area contributed by atoms with Gasteiger partial charge < -0.3 is 10.5 Å². The molecule has 0 aromatic heterocycles. The molecule has 0 amide bonds. The van der Waals surface area contributed by atoms with Crippen molar-refractivity contribution in [3.63, 3.8) is 0 Å². The van der Waals surface area contributed by atoms with Crippen molar-refractivity contribution >= 4 is 0 Å². The molecule has 0 saturated carbocycles. The normalized spacial score (nSPS) is 33.8. The van der Waals surface area contributed by atoms with Gasteiger partial charge in [-0.1, -0.05) is 20.8 Å². The second-order valence-corrected chi connectivity index (χ2v) is 4.51. The molecule has 1 saturated heterocycles. The van der Waals surface area contributed by atoms with Crippen molar-refractivity contribution in [3.05, 3.63) is 0 Å². The SMILES string of the molecule is CC(C)(C)[C@@H]1C[C@H](N)CCO1. The van der Waals surface area contributed by atoms with Gasteiger partial charge in [-0.15, -0.1) is 0 Å². The van der Waals surface area contributed by atoms with Gasteiger partial charge in [0.2, 0.25) is 0 Å². The molecule has 2 N–H and O–H groups in total. The number of hydrogen-bond acceptors (Lipinski definition) is 2. The molecule has 1 aliphatic rings. The van der Waals surface area contributed by atoms with Crippen LogP contribution in [0.2, 0.25) is 0 Å². The van der Waals surface area contributed by atoms with Crippen molar-refractivity contribution in [2.75, 3.05) is 6.61 Å². The lowest BCUT2D eigenvalue weighted by Gasteiger charge is -2.36. The van der Waals surface area contributed by atoms with Crippen molar-refractivity contribution in [1.29, 1.82) is 0 Å². The highest BCUT2D eigenvalue weighted by molar-refractivity contribution is 4.82. The van der Waals surface area contributed by atoms with E-state index in [0.717, 1.165) is 19.4 Å². The number of hydrogen-bond donors (Lipinski definition) is 1. The summed E-state index contributed by atoms with van der Waals surface area (Å²) in [5.74, 6) is 0. The topological polar surface area (TPSA) is 35.2 Å². The molecule has 1 aliphatic heterocycles. The van der Waals surface area contributed by atoms with Crippen LogP contribution in [-0.4, -0.2) is 18.8 Å². The predicted molar refractivity (Wildman–Crippen MR) is 46.4 cm³/mol. The van der Waals surface area contributed by atoms with Crippen LogP contribution in [0.5, 0.6) is 0 Å². The summed E-state index contributed by atoms with van der Waals surface area (Å²) in [6, 6.07) is 0.355. The van der Waals surface area contributed by atoms with Crippen LogP contribution >= 0.6 is 0 Å². The summed E-state index contributed by atoms with van der Waals surface area (Å²) >= 11 is 0. The number of nitrogens with two attached hydrogens (primary N) is 1. The van der Waals surface area contributed by atoms with E-state index >= 15 is 0 Å². The van der Waals surface area contributed by atoms with Crippen LogP contribution < -0.4 is 5.73 Å². The van der Waals surface area contributed by atoms with Crippen LogP contribution in [0.25, 0.3) is 0 Å². The summed E-state index contributed by atoms with van der Waals surface area (Å²) in [6.45, 7) is 7.45. The molecule has 1 heterocycles. The molecule has 2 heteroatoms. The van der Waals surface area contributed by atoms with Crippen LogP contribution in [0.15, 0.2) is 0 Å². The minimum atomic E-state index is 0.248. The second kappa shape index (κ2) is 3.11. The smallest absolute Gasteiger partial charge is 0.0638 e. The van der Waals surface area contributed by atoms with E-state index in [1.165, 1.54) is 0 Å². The van der Waals surface area contributed by atoms with Crippen LogP contribution in [0.3, 0.4) is 0 Å². The van der Waals surface area contributed by atoms with Crippen LogP contribution in [0.4, 0.5) is 0 Å². The van der Waals surface area contributed by atoms with E-state index in [-0.39, 0.29) is 5.41 Å². The van der Waals surface area contributed by atoms with E-state index in [4.69, 9.17) is 10.5 Å². The average Bonchev–Trinajstić information content (AvgIpc) is 1.86. The Morgan fingerprint density at radius 2 is 2.00 bits per heavy atom. The van der Waals surface area contributed by atoms with Crippen molar-refractivity contribution < 1.29 is 4.74 Å². The molecule has 2 atom stereocenters. The quantitative estimate of drug-likeness (QED) is 0.579. The minimum absolute atomic E-state index is 0.248. The number of rotatable bonds is 0. The molecular weight excluding hydrogens is 138 g/mol. The van der Waals surface area contributed by atoms with Gasteiger partial charge in [0.15, 0.2) is 0 Å². The Bertz CT molecular complexity index is 128. The Balaban J connectivity index is 2.46. The Morgan fingerprint density at radius 1 is 1.36 bits per heavy atom. The molecule has 0 spiro atoms. The standard InChI is InChI=1S/C9H19NO/c1-9(2,3)8-6-7(10)4-5-11-8/h7-8H,4-6,10H2,1-3H3/t7-,8+/m1/s1. The van der Waals surface area contributed by atoms with E-state index in [0.29, 0.717) is 12.1 Å². The van der Waals surface area contributed by atoms with Gasteiger partial charge >= 0.3 is 0 Å². The van der Waals surface area contributed by atoms with Gasteiger partial charge in [0.05, 0.1) is 6.10 Å². The Labute approximate surface area is 69.1 Å². The van der Waals surface area contributed by atoms with Gasteiger partial charge in [0.25, 0.3) is 0 Å². The summed E-state index contributed by atoms with van der Waals surface area (Å²) in [7, 11) is 0. The third-order valence-corrected chi connectivity index (χ3v) is 2.29. The predicted octanol–water partition coefficient (Wildman–Crippen LogP) is 1.54. The molecule has 0 radical (unpaired) electrons. The highest BCUT2D eigenvalue weighted by atomic mass is 16.5. The molecule has 0 aliphatic carbocycles. The summed E-state index contributed by atoms with van der Waals surface area (Å²) < 4.78 is 5.63. The lowest BCUT2D eigenvalue weighted by Crippen LogP contribution is -2.41. The first kappa shape index (κ1) is 9.01. The van der Waals surface area contributed by atoms with E-state index in [1.54, 1.807) is 0 Å². The van der Waals surface area contributed by atoms with E-state index in [2.05, 4.69) is 20.8 Å². The monoisotopic (exact) mass is 157 g/mol. The first-order valence-corrected chi connectivity index (χ1v) is 4.37. The van der Waals surface area contributed by atoms with Gasteiger partial charge in [0, 0.05) is 12.6 Å². The van der Waals surface area contributed by atoms with Gasteiger partial charge in [0.1, 0.15) is 0 Å². The first-order valence-electron chi connectivity index (χ1n) is 4.37. The third kappa shape index (κ3) is 2.46. The lowest BCUT2D eigenvalue weighted by molar-refractivity contribution is -0.0535. The zero-order valence-electron chi connectivity index (χ0n) is 7.76. The lowest BCUT2D eigenvalue weighted by atomic mass is 9.83. The maximum atomic E-state index is 5.84. The summed E-state index contributed by atoms with van der Waals surface area (Å²) in [6.07, 6.45) is 2.39. The molecule has 1 fully saturated rings. The summed E-state index contributed by atoms with van der Waals surface area (Å²) in [5, 5.41) is 0. The molecule has 0 aromatic rings. The Kier molecular flexibility index (Phi) is 2.55. The highest BCUT2D eigenvalue weighted by Crippen LogP contribution is 2.28. The van der Waals surface area contributed by atoms with Crippen molar-refractivity contribution in [2.45, 2.75) is 45.8 Å². The highest BCUT2D eigenvalue weighted by Gasteiger charge is 2.29. The van der Waals surface area contributed by atoms with Crippen LogP contribution in [0.1, 0.15) is 33.6 Å². The third-order valence-electron chi connectivity index (χ3n) is 2.29. The maximum Gasteiger partial charge on any atom is 0.0638 e. The van der Waals surface area contributed by atoms with Crippen molar-refractivity contribution in [1.82, 2.24) is 0 Å². The largest absolute Gasteiger partial charge is 0.378 e. The zero-order valence-corrected chi connectivity index (χ0v) is 7.76. The average molecular weight is 157 g/mol. The van der Waals surface area contributed by atoms with E-state index in [9.17, 15) is 0 Å². The first-order chi connectivity index (χ1) is 5.00. The second-order valence-electron chi connectivity index (χ2n) is 4.51. The zero-order chi connectivity index (χ0) is 8.48. The molecular formula is C9H19NO. The van der Waals surface area contributed by atoms with Gasteiger partial charge in [-0.3, -0.25) is 0 Å². The Hall–Kier alpha value is -0.0800. The van der Waals surface area contributed by atoms with Crippen molar-refractivity contribution in [3.8, 4) is 0 Å². The fourth-order valence-corrected chi connectivity index (χ4v) is 1.43. The Morgan fingerprint density at radius 3 is 2.36 bits per heavy atom. The van der Waals surface area contributed by atoms with Gasteiger partial charge in [-0.05, 0) is 18.3 Å². The maximum absolute atomic E-state index is 5.84. The van der Waals surface area contributed by atoms with Crippen molar-refractivity contribution in [2.24, 2.45) is 11.1 Å². The van der Waals surface area contributed by atoms with Crippen LogP contribution in [-0.2, 0) is 4.74 Å². The van der Waals surface area contributed by atoms with E-state index < -0.39 is 0 Å². The fraction of sp³-hybridized carbons (Fsp3) is 1.00. The molecule has 0 aromatic carbocycles. The fourth-order valence-electron chi connectivity index (χ4n) is 1.43. The molecule has 0 bridgehead atoms. The molecule has 0 unspecified atom stereocenters. The van der Waals surface area contributed by atoms with Crippen LogP contribution in [0, 0.1) is 5.41 Å². The van der Waals surface area contributed by atoms with Gasteiger partial charge in [-0.25, -0.2) is 0 Å². The molecule has 66 valence electrons. The van der Waals surface area contributed by atoms with Gasteiger partial charge in [-0.2, -0.15) is 0 Å². The molecule has 11 heavy (non-hydrogen) atoms. The van der Waals surface area contributed by atoms with E-state index in [1.807, 2.05) is 0 Å². The summed E-state index contributed by atoms with van der Waals surface area (Å²) in [5.41, 5.74) is 6.09. The minimum Gasteiger partial charge on any atom is -0.378 e. The molecule has 2 nitrogen and oxygen atoms in total.